The van der Waals surface area contributed by atoms with E-state index in [2.05, 4.69) is 30.7 Å². The van der Waals surface area contributed by atoms with Crippen molar-refractivity contribution in [2.45, 2.75) is 73.6 Å². The number of hydrogen-bond donors (Lipinski definition) is 2. The van der Waals surface area contributed by atoms with Crippen LogP contribution in [0.2, 0.25) is 0 Å². The van der Waals surface area contributed by atoms with Crippen LogP contribution in [0.15, 0.2) is 41.7 Å². The third kappa shape index (κ3) is 8.10. The standard InChI is InChI=1S/C16H14FN3O.C9H20.C2H6/c1-9-6-12(17)15(14(21)7-9)16-10-2-4-19-8-11(10)13(18)3-5-20-16;1-4-5-6-7-8-9(2)3;1-2/h2-4,6-8,21H,5,18H2,1H3;9H,4-8H2,1-3H3;1-2H3. The number of pyridine rings is 1. The number of aliphatic imine (C=N–C) groups is 1. The number of aryl methyl sites for hydroxylation is 1. The van der Waals surface area contributed by atoms with Crippen LogP contribution in [0.5, 0.6) is 5.75 Å². The van der Waals surface area contributed by atoms with Gasteiger partial charge in [-0.05, 0) is 42.7 Å². The molecular weight excluding hydrogens is 401 g/mol. The molecule has 3 N–H and O–H groups in total. The molecule has 3 rings (SSSR count). The Bertz CT molecular complexity index is 881. The largest absolute Gasteiger partial charge is 0.507 e. The molecule has 0 bridgehead atoms. The molecule has 32 heavy (non-hydrogen) atoms. The van der Waals surface area contributed by atoms with Gasteiger partial charge in [0, 0.05) is 29.2 Å². The summed E-state index contributed by atoms with van der Waals surface area (Å²) >= 11 is 0. The number of aromatic hydroxyl groups is 1. The summed E-state index contributed by atoms with van der Waals surface area (Å²) in [7, 11) is 0. The van der Waals surface area contributed by atoms with Crippen molar-refractivity contribution in [3.05, 3.63) is 64.7 Å². The predicted octanol–water partition coefficient (Wildman–Crippen LogP) is 7.02. The lowest BCUT2D eigenvalue weighted by Gasteiger charge is -2.13. The molecule has 4 nitrogen and oxygen atoms in total. The molecule has 0 spiro atoms. The Morgan fingerprint density at radius 2 is 1.84 bits per heavy atom. The number of aromatic nitrogens is 1. The van der Waals surface area contributed by atoms with Crippen LogP contribution in [0, 0.1) is 18.7 Å². The molecule has 1 aliphatic heterocycles. The van der Waals surface area contributed by atoms with Gasteiger partial charge in [-0.15, -0.1) is 0 Å². The first-order valence-corrected chi connectivity index (χ1v) is 11.8. The predicted molar refractivity (Wildman–Crippen MR) is 135 cm³/mol. The number of phenols is 1. The number of unbranched alkanes of at least 4 members (excludes halogenated alkanes) is 3. The number of nitrogens with zero attached hydrogens (tertiary/aromatic N) is 2. The first-order valence-electron chi connectivity index (χ1n) is 11.8. The lowest BCUT2D eigenvalue weighted by molar-refractivity contribution is 0.467. The zero-order valence-electron chi connectivity index (χ0n) is 20.6. The van der Waals surface area contributed by atoms with Crippen LogP contribution in [0.25, 0.3) is 5.70 Å². The molecule has 176 valence electrons. The lowest BCUT2D eigenvalue weighted by Crippen LogP contribution is -2.10. The highest BCUT2D eigenvalue weighted by Crippen LogP contribution is 2.29. The molecule has 0 saturated carbocycles. The van der Waals surface area contributed by atoms with Crippen molar-refractivity contribution in [1.29, 1.82) is 0 Å². The number of rotatable bonds is 6. The van der Waals surface area contributed by atoms with E-state index < -0.39 is 5.82 Å². The monoisotopic (exact) mass is 441 g/mol. The normalized spacial score (nSPS) is 12.4. The maximum atomic E-state index is 14.3. The summed E-state index contributed by atoms with van der Waals surface area (Å²) in [6, 6.07) is 4.61. The van der Waals surface area contributed by atoms with E-state index in [4.69, 9.17) is 5.73 Å². The van der Waals surface area contributed by atoms with Gasteiger partial charge in [-0.2, -0.15) is 0 Å². The van der Waals surface area contributed by atoms with Crippen LogP contribution in [-0.4, -0.2) is 22.3 Å². The van der Waals surface area contributed by atoms with Crippen molar-refractivity contribution >= 4 is 11.4 Å². The Morgan fingerprint density at radius 1 is 1.12 bits per heavy atom. The number of nitrogens with two attached hydrogens (primary N) is 1. The molecule has 1 aromatic heterocycles. The second-order valence-electron chi connectivity index (χ2n) is 8.15. The zero-order valence-corrected chi connectivity index (χ0v) is 20.6. The van der Waals surface area contributed by atoms with Crippen molar-refractivity contribution in [3.8, 4) is 5.75 Å². The number of hydrogen-bond acceptors (Lipinski definition) is 4. The molecule has 0 aliphatic carbocycles. The Labute approximate surface area is 193 Å². The van der Waals surface area contributed by atoms with E-state index in [0.717, 1.165) is 5.92 Å². The average Bonchev–Trinajstić information content (AvgIpc) is 2.92. The molecular formula is C27H40FN3O. The highest BCUT2D eigenvalue weighted by molar-refractivity contribution is 6.17. The maximum absolute atomic E-state index is 14.3. The van der Waals surface area contributed by atoms with Gasteiger partial charge in [0.05, 0.1) is 17.8 Å². The first-order chi connectivity index (χ1) is 15.3. The van der Waals surface area contributed by atoms with Crippen LogP contribution in [0.3, 0.4) is 0 Å². The van der Waals surface area contributed by atoms with E-state index in [9.17, 15) is 9.50 Å². The minimum Gasteiger partial charge on any atom is -0.507 e. The summed E-state index contributed by atoms with van der Waals surface area (Å²) in [5, 5.41) is 10.1. The minimum atomic E-state index is -0.505. The summed E-state index contributed by atoms with van der Waals surface area (Å²) in [5.41, 5.74) is 9.00. The van der Waals surface area contributed by atoms with E-state index in [1.807, 2.05) is 13.8 Å². The van der Waals surface area contributed by atoms with Gasteiger partial charge < -0.3 is 10.8 Å². The summed E-state index contributed by atoms with van der Waals surface area (Å²) in [4.78, 5) is 8.41. The van der Waals surface area contributed by atoms with Crippen molar-refractivity contribution in [2.75, 3.05) is 6.54 Å². The molecule has 0 unspecified atom stereocenters. The zero-order chi connectivity index (χ0) is 24.1. The SMILES string of the molecule is CC.CCCCCCC(C)C.Cc1cc(O)c(C2=NCC=C(N)c3cnccc32)c(F)c1. The topological polar surface area (TPSA) is 71.5 Å². The second kappa shape index (κ2) is 14.4. The third-order valence-corrected chi connectivity index (χ3v) is 5.03. The number of halogens is 1. The molecule has 0 fully saturated rings. The minimum absolute atomic E-state index is 0.0937. The summed E-state index contributed by atoms with van der Waals surface area (Å²) in [6.07, 6.45) is 12.0. The van der Waals surface area contributed by atoms with Gasteiger partial charge in [0.2, 0.25) is 0 Å². The molecule has 0 atom stereocenters. The molecule has 0 radical (unpaired) electrons. The van der Waals surface area contributed by atoms with E-state index in [-0.39, 0.29) is 11.3 Å². The summed E-state index contributed by atoms with van der Waals surface area (Å²) < 4.78 is 14.3. The van der Waals surface area contributed by atoms with Crippen LogP contribution in [-0.2, 0) is 0 Å². The smallest absolute Gasteiger partial charge is 0.136 e. The fraction of sp³-hybridized carbons (Fsp3) is 0.481. The summed E-state index contributed by atoms with van der Waals surface area (Å²) in [6.45, 7) is 12.9. The fourth-order valence-corrected chi connectivity index (χ4v) is 3.41. The molecule has 2 aromatic rings. The maximum Gasteiger partial charge on any atom is 0.136 e. The number of benzene rings is 1. The molecule has 0 amide bonds. The van der Waals surface area contributed by atoms with Gasteiger partial charge in [-0.25, -0.2) is 4.39 Å². The molecule has 1 aliphatic rings. The molecule has 0 saturated heterocycles. The van der Waals surface area contributed by atoms with E-state index in [1.165, 1.54) is 44.2 Å². The highest BCUT2D eigenvalue weighted by atomic mass is 19.1. The van der Waals surface area contributed by atoms with E-state index in [0.29, 0.717) is 34.6 Å². The van der Waals surface area contributed by atoms with E-state index in [1.54, 1.807) is 31.5 Å². The molecule has 2 heterocycles. The molecule has 5 heteroatoms. The van der Waals surface area contributed by atoms with Gasteiger partial charge in [-0.3, -0.25) is 9.98 Å². The van der Waals surface area contributed by atoms with Crippen LogP contribution >= 0.6 is 0 Å². The van der Waals surface area contributed by atoms with Crippen LogP contribution in [0.4, 0.5) is 4.39 Å². The Kier molecular flexibility index (Phi) is 12.3. The van der Waals surface area contributed by atoms with Gasteiger partial charge in [0.25, 0.3) is 0 Å². The lowest BCUT2D eigenvalue weighted by atomic mass is 9.96. The van der Waals surface area contributed by atoms with Crippen LogP contribution in [0.1, 0.15) is 89.0 Å². The third-order valence-electron chi connectivity index (χ3n) is 5.03. The van der Waals surface area contributed by atoms with Gasteiger partial charge in [0.1, 0.15) is 11.6 Å². The Balaban J connectivity index is 0.000000396. The van der Waals surface area contributed by atoms with E-state index >= 15 is 0 Å². The van der Waals surface area contributed by atoms with Gasteiger partial charge >= 0.3 is 0 Å². The average molecular weight is 442 g/mol. The van der Waals surface area contributed by atoms with Crippen LogP contribution < -0.4 is 5.73 Å². The summed E-state index contributed by atoms with van der Waals surface area (Å²) in [5.74, 6) is 0.269. The van der Waals surface area contributed by atoms with Crippen molar-refractivity contribution < 1.29 is 9.50 Å². The Hall–Kier alpha value is -2.69. The number of fused-ring (bicyclic) bond motifs is 1. The van der Waals surface area contributed by atoms with Gasteiger partial charge in [0.15, 0.2) is 0 Å². The fourth-order valence-electron chi connectivity index (χ4n) is 3.41. The first kappa shape index (κ1) is 27.3. The van der Waals surface area contributed by atoms with Crippen molar-refractivity contribution in [1.82, 2.24) is 4.98 Å². The molecule has 1 aromatic carbocycles. The number of phenolic OH excluding ortho intramolecular Hbond substituents is 1. The quantitative estimate of drug-likeness (QED) is 0.473. The van der Waals surface area contributed by atoms with Gasteiger partial charge in [-0.1, -0.05) is 66.7 Å². The van der Waals surface area contributed by atoms with Crippen molar-refractivity contribution in [2.24, 2.45) is 16.6 Å². The Morgan fingerprint density at radius 3 is 2.47 bits per heavy atom. The second-order valence-corrected chi connectivity index (χ2v) is 8.15. The highest BCUT2D eigenvalue weighted by Gasteiger charge is 2.21. The van der Waals surface area contributed by atoms with Crippen molar-refractivity contribution in [3.63, 3.8) is 0 Å².